The van der Waals surface area contributed by atoms with E-state index in [4.69, 9.17) is 59.8 Å². The summed E-state index contributed by atoms with van der Waals surface area (Å²) in [5.41, 5.74) is 18.7. The first-order valence-corrected chi connectivity index (χ1v) is 31.1. The number of hydrogen-bond donors (Lipinski definition) is 10. The number of hydrogen-bond acceptors (Lipinski definition) is 21. The molecule has 0 fully saturated rings. The largest absolute Gasteiger partial charge is 0.493 e. The van der Waals surface area contributed by atoms with E-state index < -0.39 is 23.9 Å². The third-order valence-corrected chi connectivity index (χ3v) is 13.5. The van der Waals surface area contributed by atoms with Gasteiger partial charge >= 0.3 is 0 Å². The van der Waals surface area contributed by atoms with Gasteiger partial charge in [-0.2, -0.15) is 17.6 Å². The molecule has 0 aliphatic carbocycles. The Kier molecular flexibility index (Phi) is 44.7. The Hall–Kier alpha value is -6.30. The first kappa shape index (κ1) is 76.8. The van der Waals surface area contributed by atoms with Crippen LogP contribution in [0.25, 0.3) is 0 Å². The molecule has 2 atom stereocenters. The van der Waals surface area contributed by atoms with Gasteiger partial charge in [-0.1, -0.05) is 71.1 Å². The highest BCUT2D eigenvalue weighted by molar-refractivity contribution is 7.80. The summed E-state index contributed by atoms with van der Waals surface area (Å²) in [6, 6.07) is 2.02. The highest BCUT2D eigenvalue weighted by Crippen LogP contribution is 2.39. The predicted octanol–water partition coefficient (Wildman–Crippen LogP) is 2.62. The van der Waals surface area contributed by atoms with E-state index in [1.165, 1.54) is 65.6 Å². The van der Waals surface area contributed by atoms with E-state index in [9.17, 15) is 33.6 Å². The van der Waals surface area contributed by atoms with Crippen molar-refractivity contribution in [3.8, 4) is 17.2 Å². The number of nitrogens with two attached hydrogens (primary N) is 3. The minimum atomic E-state index is -0.901. The molecule has 0 spiro atoms. The molecule has 27 nitrogen and oxygen atoms in total. The number of thiol groups is 1. The molecule has 0 radical (unpaired) electrons. The summed E-state index contributed by atoms with van der Waals surface area (Å²) < 4.78 is 49.4. The average molecular weight is 1250 g/mol. The van der Waals surface area contributed by atoms with E-state index >= 15 is 0 Å². The second-order valence-corrected chi connectivity index (χ2v) is 20.8. The molecule has 0 aliphatic heterocycles. The summed E-state index contributed by atoms with van der Waals surface area (Å²) in [4.78, 5) is 93.9. The first-order valence-electron chi connectivity index (χ1n) is 30.5. The molecule has 2 rings (SSSR count). The summed E-state index contributed by atoms with van der Waals surface area (Å²) in [6.45, 7) is 4.69. The smallest absolute Gasteiger partial charge is 0.246 e. The number of anilines is 2. The fraction of sp³-hybridized carbons (Fsp3) is 0.712. The molecule has 1 heterocycles. The lowest BCUT2D eigenvalue weighted by Gasteiger charge is -2.16. The van der Waals surface area contributed by atoms with Crippen LogP contribution in [0.4, 0.5) is 11.8 Å². The maximum atomic E-state index is 12.5. The molecule has 0 saturated carbocycles. The number of methoxy groups -OCH3 is 2. The van der Waals surface area contributed by atoms with Crippen molar-refractivity contribution in [1.29, 1.82) is 0 Å². The molecule has 12 N–H and O–H groups in total. The maximum absolute atomic E-state index is 12.5. The molecule has 0 saturated heterocycles. The minimum Gasteiger partial charge on any atom is -0.493 e. The second kappa shape index (κ2) is 50.7. The number of nitrogen functional groups attached to an aromatic ring is 2. The zero-order valence-corrected chi connectivity index (χ0v) is 52.5. The van der Waals surface area contributed by atoms with Crippen molar-refractivity contribution in [3.05, 3.63) is 29.5 Å². The van der Waals surface area contributed by atoms with Crippen LogP contribution in [0.2, 0.25) is 0 Å². The summed E-state index contributed by atoms with van der Waals surface area (Å²) in [6.07, 6.45) is 18.4. The Morgan fingerprint density at radius 3 is 1.54 bits per heavy atom. The maximum Gasteiger partial charge on any atom is 0.246 e. The van der Waals surface area contributed by atoms with Crippen LogP contribution in [0.3, 0.4) is 0 Å². The molecule has 494 valence electrons. The van der Waals surface area contributed by atoms with Crippen molar-refractivity contribution < 1.29 is 76.2 Å². The topological polar surface area (TPSA) is 379 Å². The standard InChI is InChI=1S/C59H101N11O16S/c1-4-5-6-7-8-9-10-11-12-13-14-21-51(72)69-47(43-87)58(77)66-25-29-82-31-34-84-41-53(74)64-23-27-80-30-33-83-40-52(73)65-24-28-81-32-35-85-42-54(75)68-46(57(61)76)19-15-17-22-63-50(71)20-16-18-26-86-55-48(78-2)37-44(38-49(55)79-3)36-45-39-67-59(62)70-56(45)60/h37-39,46-47,87H,4-36,40-43H2,1-3H3,(H2,61,76)(H,63,71)(H,64,74)(H,65,73)(H,66,77)(H,68,75)(H,69,72)(H4,60,62,67,70)/t46-,47+/m0/s1. The number of amides is 7. The quantitative estimate of drug-likeness (QED) is 0.0336. The van der Waals surface area contributed by atoms with Gasteiger partial charge < -0.3 is 91.7 Å². The van der Waals surface area contributed by atoms with Crippen molar-refractivity contribution in [2.45, 2.75) is 141 Å². The third kappa shape index (κ3) is 39.3. The average Bonchev–Trinajstić information content (AvgIpc) is 2.56. The van der Waals surface area contributed by atoms with E-state index in [0.717, 1.165) is 24.8 Å². The van der Waals surface area contributed by atoms with E-state index in [2.05, 4.69) is 61.4 Å². The zero-order chi connectivity index (χ0) is 63.5. The number of rotatable bonds is 56. The highest BCUT2D eigenvalue weighted by atomic mass is 32.1. The lowest BCUT2D eigenvalue weighted by Crippen LogP contribution is -2.48. The Labute approximate surface area is 518 Å². The number of nitrogens with zero attached hydrogens (tertiary/aromatic N) is 2. The van der Waals surface area contributed by atoms with Gasteiger partial charge in [0.25, 0.3) is 0 Å². The molecule has 1 aromatic heterocycles. The number of carbonyl (C=O) groups excluding carboxylic acids is 7. The monoisotopic (exact) mass is 1250 g/mol. The van der Waals surface area contributed by atoms with Crippen molar-refractivity contribution >= 4 is 65.7 Å². The van der Waals surface area contributed by atoms with Gasteiger partial charge in [0.15, 0.2) is 11.5 Å². The van der Waals surface area contributed by atoms with E-state index in [0.29, 0.717) is 80.9 Å². The number of ether oxygens (including phenoxy) is 9. The van der Waals surface area contributed by atoms with Gasteiger partial charge in [0.2, 0.25) is 53.0 Å². The van der Waals surface area contributed by atoms with Crippen molar-refractivity contribution in [2.24, 2.45) is 5.73 Å². The van der Waals surface area contributed by atoms with Crippen molar-refractivity contribution in [3.63, 3.8) is 0 Å². The summed E-state index contributed by atoms with van der Waals surface area (Å²) in [5, 5.41) is 16.3. The Balaban J connectivity index is 1.37. The number of aromatic nitrogens is 2. The molecule has 28 heteroatoms. The van der Waals surface area contributed by atoms with Crippen LogP contribution in [0.1, 0.15) is 134 Å². The Morgan fingerprint density at radius 1 is 0.529 bits per heavy atom. The number of primary amides is 1. The minimum absolute atomic E-state index is 0.0926. The third-order valence-electron chi connectivity index (χ3n) is 13.1. The Morgan fingerprint density at radius 2 is 1.01 bits per heavy atom. The fourth-order valence-electron chi connectivity index (χ4n) is 8.40. The molecular formula is C59H101N11O16S. The summed E-state index contributed by atoms with van der Waals surface area (Å²) in [5.74, 6) is -0.508. The number of unbranched alkanes of at least 4 members (excludes halogenated alkanes) is 12. The summed E-state index contributed by atoms with van der Waals surface area (Å²) in [7, 11) is 3.06. The van der Waals surface area contributed by atoms with Gasteiger partial charge in [0.1, 0.15) is 37.7 Å². The van der Waals surface area contributed by atoms with Gasteiger partial charge in [-0.25, -0.2) is 4.98 Å². The Bertz CT molecular complexity index is 2230. The van der Waals surface area contributed by atoms with Gasteiger partial charge in [0.05, 0.1) is 80.3 Å². The predicted molar refractivity (Wildman–Crippen MR) is 331 cm³/mol. The number of benzene rings is 1. The van der Waals surface area contributed by atoms with Gasteiger partial charge in [-0.15, -0.1) is 0 Å². The fourth-order valence-corrected chi connectivity index (χ4v) is 8.66. The van der Waals surface area contributed by atoms with E-state index in [1.807, 2.05) is 12.1 Å². The van der Waals surface area contributed by atoms with E-state index in [-0.39, 0.29) is 152 Å². The summed E-state index contributed by atoms with van der Waals surface area (Å²) >= 11 is 4.23. The van der Waals surface area contributed by atoms with Crippen LogP contribution in [-0.2, 0) is 68.4 Å². The number of carbonyl (C=O) groups is 7. The highest BCUT2D eigenvalue weighted by Gasteiger charge is 2.21. The van der Waals surface area contributed by atoms with Crippen LogP contribution in [-0.4, -0.2) is 195 Å². The molecule has 0 aliphatic rings. The van der Waals surface area contributed by atoms with Crippen molar-refractivity contribution in [1.82, 2.24) is 41.9 Å². The SMILES string of the molecule is CCCCCCCCCCCCCC(=O)N[C@H](CS)C(=O)NCCOCCOCC(=O)NCCOCCOCC(=O)NCCOCCOCC(=O)N[C@@H](CCCCNC(=O)CCCCOc1c(OC)cc(Cc2cnc(N)nc2N)cc1OC)C(N)=O. The van der Waals surface area contributed by atoms with Gasteiger partial charge in [-0.05, 0) is 56.2 Å². The van der Waals surface area contributed by atoms with Gasteiger partial charge in [-0.3, -0.25) is 33.6 Å². The molecule has 87 heavy (non-hydrogen) atoms. The molecule has 2 aromatic rings. The molecule has 0 bridgehead atoms. The van der Waals surface area contributed by atoms with Crippen LogP contribution in [0.5, 0.6) is 17.2 Å². The zero-order valence-electron chi connectivity index (χ0n) is 51.7. The molecular weight excluding hydrogens is 1150 g/mol. The number of nitrogens with one attached hydrogen (secondary N) is 6. The lowest BCUT2D eigenvalue weighted by atomic mass is 10.1. The second-order valence-electron chi connectivity index (χ2n) is 20.4. The first-order chi connectivity index (χ1) is 42.2. The van der Waals surface area contributed by atoms with E-state index in [1.54, 1.807) is 6.20 Å². The van der Waals surface area contributed by atoms with Crippen LogP contribution < -0.4 is 63.3 Å². The normalized spacial score (nSPS) is 11.7. The molecule has 1 aromatic carbocycles. The van der Waals surface area contributed by atoms with Crippen LogP contribution >= 0.6 is 12.6 Å². The molecule has 7 amide bonds. The van der Waals surface area contributed by atoms with Crippen molar-refractivity contribution in [2.75, 3.05) is 144 Å². The van der Waals surface area contributed by atoms with Crippen LogP contribution in [0, 0.1) is 0 Å². The van der Waals surface area contributed by atoms with Gasteiger partial charge in [0, 0.05) is 63.0 Å². The van der Waals surface area contributed by atoms with Crippen LogP contribution in [0.15, 0.2) is 18.3 Å². The lowest BCUT2D eigenvalue weighted by molar-refractivity contribution is -0.131. The molecule has 0 unspecified atom stereocenters.